The van der Waals surface area contributed by atoms with Gasteiger partial charge in [-0.2, -0.15) is 0 Å². The molecule has 2 aromatic carbocycles. The average Bonchev–Trinajstić information content (AvgIpc) is 2.46. The van der Waals surface area contributed by atoms with Gasteiger partial charge in [0.2, 0.25) is 0 Å². The van der Waals surface area contributed by atoms with Gasteiger partial charge in [0, 0.05) is 0 Å². The van der Waals surface area contributed by atoms with E-state index in [0.717, 1.165) is 13.0 Å². The van der Waals surface area contributed by atoms with Gasteiger partial charge in [-0.05, 0) is 50.1 Å². The Morgan fingerprint density at radius 3 is 2.48 bits per heavy atom. The summed E-state index contributed by atoms with van der Waals surface area (Å²) in [6.45, 7) is 10.2. The molecular formula is C19H27NO. The number of hydrogen-bond donors (Lipinski definition) is 1. The Labute approximate surface area is 128 Å². The van der Waals surface area contributed by atoms with Crippen molar-refractivity contribution in [3.8, 4) is 0 Å². The van der Waals surface area contributed by atoms with E-state index >= 15 is 0 Å². The average molecular weight is 285 g/mol. The van der Waals surface area contributed by atoms with E-state index in [9.17, 15) is 0 Å². The molecule has 0 heterocycles. The van der Waals surface area contributed by atoms with Crippen molar-refractivity contribution in [3.63, 3.8) is 0 Å². The van der Waals surface area contributed by atoms with Crippen LogP contribution in [-0.4, -0.2) is 18.8 Å². The van der Waals surface area contributed by atoms with Gasteiger partial charge < -0.3 is 10.1 Å². The molecular weight excluding hydrogens is 258 g/mol. The first-order chi connectivity index (χ1) is 10.0. The molecule has 0 aromatic heterocycles. The Bertz CT molecular complexity index is 566. The molecule has 2 nitrogen and oxygen atoms in total. The number of ether oxygens (including phenoxy) is 1. The summed E-state index contributed by atoms with van der Waals surface area (Å²) in [6, 6.07) is 15.3. The molecule has 0 saturated heterocycles. The molecule has 0 saturated carbocycles. The summed E-state index contributed by atoms with van der Waals surface area (Å²) in [6.07, 6.45) is 1.12. The van der Waals surface area contributed by atoms with Gasteiger partial charge in [0.05, 0.1) is 18.2 Å². The first-order valence-electron chi connectivity index (χ1n) is 7.86. The smallest absolute Gasteiger partial charge is 0.0668 e. The zero-order valence-corrected chi connectivity index (χ0v) is 13.6. The molecule has 0 aliphatic heterocycles. The first-order valence-corrected chi connectivity index (χ1v) is 7.86. The topological polar surface area (TPSA) is 21.3 Å². The minimum Gasteiger partial charge on any atom is -0.374 e. The minimum atomic E-state index is -0.114. The second-order valence-electron chi connectivity index (χ2n) is 6.50. The number of nitrogens with one attached hydrogen (secondary N) is 1. The van der Waals surface area contributed by atoms with Crippen molar-refractivity contribution >= 4 is 10.8 Å². The van der Waals surface area contributed by atoms with Crippen LogP contribution < -0.4 is 5.32 Å². The van der Waals surface area contributed by atoms with Gasteiger partial charge in [-0.3, -0.25) is 0 Å². The van der Waals surface area contributed by atoms with Crippen LogP contribution in [0.1, 0.15) is 45.7 Å². The van der Waals surface area contributed by atoms with Crippen LogP contribution in [0, 0.1) is 0 Å². The highest BCUT2D eigenvalue weighted by molar-refractivity contribution is 5.86. The SMILES string of the molecule is CCCNC(COC(C)(C)C)c1cccc2ccccc12. The Morgan fingerprint density at radius 2 is 1.76 bits per heavy atom. The summed E-state index contributed by atoms with van der Waals surface area (Å²) in [5, 5.41) is 6.22. The zero-order chi connectivity index (χ0) is 15.3. The third-order valence-corrected chi connectivity index (χ3v) is 3.52. The third-order valence-electron chi connectivity index (χ3n) is 3.52. The van der Waals surface area contributed by atoms with Crippen molar-refractivity contribution in [2.75, 3.05) is 13.2 Å². The molecule has 114 valence electrons. The molecule has 2 heteroatoms. The fourth-order valence-electron chi connectivity index (χ4n) is 2.46. The fraction of sp³-hybridized carbons (Fsp3) is 0.474. The van der Waals surface area contributed by atoms with Crippen molar-refractivity contribution in [3.05, 3.63) is 48.0 Å². The highest BCUT2D eigenvalue weighted by atomic mass is 16.5. The van der Waals surface area contributed by atoms with Gasteiger partial charge in [-0.1, -0.05) is 49.4 Å². The zero-order valence-electron chi connectivity index (χ0n) is 13.6. The van der Waals surface area contributed by atoms with Gasteiger partial charge in [0.25, 0.3) is 0 Å². The normalized spacial score (nSPS) is 13.5. The number of hydrogen-bond acceptors (Lipinski definition) is 2. The van der Waals surface area contributed by atoms with E-state index in [4.69, 9.17) is 4.74 Å². The number of fused-ring (bicyclic) bond motifs is 1. The molecule has 1 atom stereocenters. The van der Waals surface area contributed by atoms with Crippen LogP contribution in [-0.2, 0) is 4.74 Å². The second-order valence-corrected chi connectivity index (χ2v) is 6.50. The molecule has 0 radical (unpaired) electrons. The quantitative estimate of drug-likeness (QED) is 0.831. The van der Waals surface area contributed by atoms with E-state index in [1.54, 1.807) is 0 Å². The van der Waals surface area contributed by atoms with Gasteiger partial charge in [0.1, 0.15) is 0 Å². The monoisotopic (exact) mass is 285 g/mol. The predicted molar refractivity (Wildman–Crippen MR) is 90.7 cm³/mol. The highest BCUT2D eigenvalue weighted by Crippen LogP contribution is 2.25. The lowest BCUT2D eigenvalue weighted by molar-refractivity contribution is -0.0146. The lowest BCUT2D eigenvalue weighted by Gasteiger charge is -2.26. The molecule has 2 aromatic rings. The number of benzene rings is 2. The maximum Gasteiger partial charge on any atom is 0.0668 e. The van der Waals surface area contributed by atoms with Crippen molar-refractivity contribution in [2.45, 2.75) is 45.8 Å². The van der Waals surface area contributed by atoms with Crippen LogP contribution in [0.15, 0.2) is 42.5 Å². The van der Waals surface area contributed by atoms with Crippen molar-refractivity contribution in [1.29, 1.82) is 0 Å². The summed E-state index contributed by atoms with van der Waals surface area (Å²) in [5.41, 5.74) is 1.21. The van der Waals surface area contributed by atoms with Crippen molar-refractivity contribution in [1.82, 2.24) is 5.32 Å². The predicted octanol–water partition coefficient (Wildman–Crippen LogP) is 4.70. The van der Waals surface area contributed by atoms with Gasteiger partial charge in [-0.15, -0.1) is 0 Å². The largest absolute Gasteiger partial charge is 0.374 e. The fourth-order valence-corrected chi connectivity index (χ4v) is 2.46. The lowest BCUT2D eigenvalue weighted by atomic mass is 9.99. The van der Waals surface area contributed by atoms with E-state index in [1.165, 1.54) is 16.3 Å². The molecule has 1 N–H and O–H groups in total. The molecule has 0 spiro atoms. The molecule has 0 aliphatic carbocycles. The summed E-state index contributed by atoms with van der Waals surface area (Å²) in [5.74, 6) is 0. The second kappa shape index (κ2) is 7.06. The molecule has 0 amide bonds. The summed E-state index contributed by atoms with van der Waals surface area (Å²) in [4.78, 5) is 0. The van der Waals surface area contributed by atoms with Crippen LogP contribution in [0.5, 0.6) is 0 Å². The molecule has 21 heavy (non-hydrogen) atoms. The van der Waals surface area contributed by atoms with E-state index in [1.807, 2.05) is 0 Å². The van der Waals surface area contributed by atoms with Crippen LogP contribution >= 0.6 is 0 Å². The molecule has 0 aliphatic rings. The summed E-state index contributed by atoms with van der Waals surface area (Å²) in [7, 11) is 0. The molecule has 2 rings (SSSR count). The molecule has 1 unspecified atom stereocenters. The van der Waals surface area contributed by atoms with Crippen LogP contribution in [0.3, 0.4) is 0 Å². The van der Waals surface area contributed by atoms with E-state index in [2.05, 4.69) is 75.5 Å². The van der Waals surface area contributed by atoms with E-state index in [-0.39, 0.29) is 11.6 Å². The Morgan fingerprint density at radius 1 is 1.05 bits per heavy atom. The Kier molecular flexibility index (Phi) is 5.38. The summed E-state index contributed by atoms with van der Waals surface area (Å²) >= 11 is 0. The molecule has 0 fully saturated rings. The van der Waals surface area contributed by atoms with Gasteiger partial charge in [0.15, 0.2) is 0 Å². The van der Waals surface area contributed by atoms with Crippen LogP contribution in [0.4, 0.5) is 0 Å². The number of rotatable bonds is 6. The van der Waals surface area contributed by atoms with Crippen LogP contribution in [0.2, 0.25) is 0 Å². The summed E-state index contributed by atoms with van der Waals surface area (Å²) < 4.78 is 6.03. The van der Waals surface area contributed by atoms with E-state index < -0.39 is 0 Å². The van der Waals surface area contributed by atoms with Crippen molar-refractivity contribution in [2.24, 2.45) is 0 Å². The molecule has 0 bridgehead atoms. The lowest BCUT2D eigenvalue weighted by Crippen LogP contribution is -2.31. The standard InChI is InChI=1S/C19H27NO/c1-5-13-20-18(14-21-19(2,3)4)17-12-8-10-15-9-6-7-11-16(15)17/h6-12,18,20H,5,13-14H2,1-4H3. The van der Waals surface area contributed by atoms with Gasteiger partial charge >= 0.3 is 0 Å². The highest BCUT2D eigenvalue weighted by Gasteiger charge is 2.18. The van der Waals surface area contributed by atoms with E-state index in [0.29, 0.717) is 6.61 Å². The Hall–Kier alpha value is -1.38. The Balaban J connectivity index is 2.29. The first kappa shape index (κ1) is 16.0. The minimum absolute atomic E-state index is 0.114. The van der Waals surface area contributed by atoms with Gasteiger partial charge in [-0.25, -0.2) is 0 Å². The third kappa shape index (κ3) is 4.55. The van der Waals surface area contributed by atoms with Crippen molar-refractivity contribution < 1.29 is 4.74 Å². The maximum atomic E-state index is 6.03. The van der Waals surface area contributed by atoms with Crippen LogP contribution in [0.25, 0.3) is 10.8 Å². The maximum absolute atomic E-state index is 6.03.